The fourth-order valence-corrected chi connectivity index (χ4v) is 1.46. The second kappa shape index (κ2) is 5.75. The zero-order valence-corrected chi connectivity index (χ0v) is 11.0. The lowest BCUT2D eigenvalue weighted by atomic mass is 10.2. The first kappa shape index (κ1) is 12.0. The molecular formula is C11H8BrClN4. The molecule has 2 rings (SSSR count). The quantitative estimate of drug-likeness (QED) is 0.698. The third-order valence-electron chi connectivity index (χ3n) is 1.89. The SMILES string of the molecule is Clc1ccc(N/N=C/c2ccc(Br)cc2)nn1. The second-order valence-corrected chi connectivity index (χ2v) is 4.47. The minimum absolute atomic E-state index is 0.354. The number of halogens is 2. The van der Waals surface area contributed by atoms with Crippen molar-refractivity contribution in [3.63, 3.8) is 0 Å². The molecule has 0 fully saturated rings. The third-order valence-corrected chi connectivity index (χ3v) is 2.62. The third kappa shape index (κ3) is 3.80. The van der Waals surface area contributed by atoms with Gasteiger partial charge in [-0.2, -0.15) is 5.10 Å². The van der Waals surface area contributed by atoms with Crippen molar-refractivity contribution in [2.24, 2.45) is 5.10 Å². The Morgan fingerprint density at radius 1 is 1.12 bits per heavy atom. The number of rotatable bonds is 3. The molecule has 0 aliphatic carbocycles. The van der Waals surface area contributed by atoms with E-state index < -0.39 is 0 Å². The van der Waals surface area contributed by atoms with Crippen LogP contribution in [0.2, 0.25) is 5.15 Å². The molecule has 0 atom stereocenters. The Morgan fingerprint density at radius 3 is 2.53 bits per heavy atom. The summed E-state index contributed by atoms with van der Waals surface area (Å²) in [6, 6.07) is 11.1. The zero-order valence-electron chi connectivity index (χ0n) is 8.64. The number of benzene rings is 1. The van der Waals surface area contributed by atoms with E-state index in [0.29, 0.717) is 11.0 Å². The highest BCUT2D eigenvalue weighted by Gasteiger charge is 1.92. The van der Waals surface area contributed by atoms with E-state index in [-0.39, 0.29) is 0 Å². The van der Waals surface area contributed by atoms with Gasteiger partial charge in [-0.05, 0) is 29.8 Å². The van der Waals surface area contributed by atoms with Gasteiger partial charge >= 0.3 is 0 Å². The van der Waals surface area contributed by atoms with Gasteiger partial charge in [-0.15, -0.1) is 10.2 Å². The van der Waals surface area contributed by atoms with Gasteiger partial charge in [0.15, 0.2) is 11.0 Å². The maximum atomic E-state index is 5.61. The van der Waals surface area contributed by atoms with Crippen molar-refractivity contribution in [3.8, 4) is 0 Å². The Balaban J connectivity index is 1.97. The number of hydrogen-bond donors (Lipinski definition) is 1. The minimum atomic E-state index is 0.354. The van der Waals surface area contributed by atoms with E-state index in [1.54, 1.807) is 18.3 Å². The highest BCUT2D eigenvalue weighted by molar-refractivity contribution is 9.10. The lowest BCUT2D eigenvalue weighted by Crippen LogP contribution is -1.94. The molecule has 17 heavy (non-hydrogen) atoms. The van der Waals surface area contributed by atoms with Crippen LogP contribution in [0.3, 0.4) is 0 Å². The summed E-state index contributed by atoms with van der Waals surface area (Å²) in [6.45, 7) is 0. The standard InChI is InChI=1S/C11H8BrClN4/c12-9-3-1-8(2-4-9)7-14-16-11-6-5-10(13)15-17-11/h1-7H,(H,16,17)/b14-7+. The van der Waals surface area contributed by atoms with Crippen LogP contribution in [-0.4, -0.2) is 16.4 Å². The van der Waals surface area contributed by atoms with Gasteiger partial charge < -0.3 is 0 Å². The summed E-state index contributed by atoms with van der Waals surface area (Å²) in [5.74, 6) is 0.544. The van der Waals surface area contributed by atoms with Crippen molar-refractivity contribution in [2.45, 2.75) is 0 Å². The van der Waals surface area contributed by atoms with Gasteiger partial charge in [-0.1, -0.05) is 39.7 Å². The molecule has 4 nitrogen and oxygen atoms in total. The number of anilines is 1. The smallest absolute Gasteiger partial charge is 0.168 e. The maximum absolute atomic E-state index is 5.61. The van der Waals surface area contributed by atoms with Crippen molar-refractivity contribution in [3.05, 3.63) is 51.6 Å². The van der Waals surface area contributed by atoms with Gasteiger partial charge in [0.25, 0.3) is 0 Å². The molecule has 0 bridgehead atoms. The molecule has 0 spiro atoms. The van der Waals surface area contributed by atoms with Gasteiger partial charge in [0.05, 0.1) is 6.21 Å². The highest BCUT2D eigenvalue weighted by Crippen LogP contribution is 2.09. The number of nitrogens with one attached hydrogen (secondary N) is 1. The normalized spacial score (nSPS) is 10.7. The number of nitrogens with zero attached hydrogens (tertiary/aromatic N) is 3. The van der Waals surface area contributed by atoms with Crippen LogP contribution in [0.15, 0.2) is 46.0 Å². The Morgan fingerprint density at radius 2 is 1.88 bits per heavy atom. The van der Waals surface area contributed by atoms with E-state index >= 15 is 0 Å². The molecule has 86 valence electrons. The first-order valence-corrected chi connectivity index (χ1v) is 5.95. The van der Waals surface area contributed by atoms with Crippen LogP contribution in [0.5, 0.6) is 0 Å². The van der Waals surface area contributed by atoms with E-state index in [1.165, 1.54) is 0 Å². The first-order chi connectivity index (χ1) is 8.24. The molecule has 1 aromatic heterocycles. The maximum Gasteiger partial charge on any atom is 0.168 e. The van der Waals surface area contributed by atoms with E-state index in [4.69, 9.17) is 11.6 Å². The largest absolute Gasteiger partial charge is 0.260 e. The average molecular weight is 312 g/mol. The van der Waals surface area contributed by atoms with Crippen molar-refractivity contribution < 1.29 is 0 Å². The Kier molecular flexibility index (Phi) is 4.06. The molecule has 0 unspecified atom stereocenters. The summed E-state index contributed by atoms with van der Waals surface area (Å²) in [6.07, 6.45) is 1.70. The minimum Gasteiger partial charge on any atom is -0.260 e. The van der Waals surface area contributed by atoms with Gasteiger partial charge in [0.2, 0.25) is 0 Å². The number of hydrogen-bond acceptors (Lipinski definition) is 4. The summed E-state index contributed by atoms with van der Waals surface area (Å²) >= 11 is 8.98. The fraction of sp³-hybridized carbons (Fsp3) is 0. The highest BCUT2D eigenvalue weighted by atomic mass is 79.9. The van der Waals surface area contributed by atoms with Crippen molar-refractivity contribution >= 4 is 39.6 Å². The van der Waals surface area contributed by atoms with Crippen LogP contribution in [-0.2, 0) is 0 Å². The van der Waals surface area contributed by atoms with Crippen LogP contribution in [0, 0.1) is 0 Å². The van der Waals surface area contributed by atoms with Crippen LogP contribution in [0.25, 0.3) is 0 Å². The lowest BCUT2D eigenvalue weighted by molar-refractivity contribution is 1.02. The van der Waals surface area contributed by atoms with Gasteiger partial charge in [-0.25, -0.2) is 0 Å². The molecule has 0 amide bonds. The topological polar surface area (TPSA) is 50.2 Å². The summed E-state index contributed by atoms with van der Waals surface area (Å²) in [7, 11) is 0. The summed E-state index contributed by atoms with van der Waals surface area (Å²) < 4.78 is 1.03. The van der Waals surface area contributed by atoms with E-state index in [2.05, 4.69) is 36.7 Å². The lowest BCUT2D eigenvalue weighted by Gasteiger charge is -1.97. The average Bonchev–Trinajstić information content (AvgIpc) is 2.34. The summed E-state index contributed by atoms with van der Waals surface area (Å²) in [5.41, 5.74) is 3.75. The molecule has 6 heteroatoms. The van der Waals surface area contributed by atoms with Crippen molar-refractivity contribution in [1.29, 1.82) is 0 Å². The summed E-state index contributed by atoms with van der Waals surface area (Å²) in [5, 5.41) is 11.9. The fourth-order valence-electron chi connectivity index (χ4n) is 1.10. The van der Waals surface area contributed by atoms with Gasteiger partial charge in [0, 0.05) is 4.47 Å². The van der Waals surface area contributed by atoms with E-state index in [0.717, 1.165) is 10.0 Å². The van der Waals surface area contributed by atoms with Crippen LogP contribution in [0.4, 0.5) is 5.82 Å². The van der Waals surface area contributed by atoms with Gasteiger partial charge in [0.1, 0.15) is 0 Å². The number of hydrazone groups is 1. The van der Waals surface area contributed by atoms with E-state index in [9.17, 15) is 0 Å². The first-order valence-electron chi connectivity index (χ1n) is 4.78. The number of aromatic nitrogens is 2. The van der Waals surface area contributed by atoms with Crippen LogP contribution in [0.1, 0.15) is 5.56 Å². The molecule has 2 aromatic rings. The van der Waals surface area contributed by atoms with Gasteiger partial charge in [-0.3, -0.25) is 5.43 Å². The van der Waals surface area contributed by atoms with Crippen molar-refractivity contribution in [2.75, 3.05) is 5.43 Å². The zero-order chi connectivity index (χ0) is 12.1. The summed E-state index contributed by atoms with van der Waals surface area (Å²) in [4.78, 5) is 0. The predicted molar refractivity (Wildman–Crippen MR) is 72.4 cm³/mol. The molecule has 0 aliphatic rings. The molecule has 1 aromatic carbocycles. The second-order valence-electron chi connectivity index (χ2n) is 3.16. The Bertz CT molecular complexity index is 510. The Hall–Kier alpha value is -1.46. The van der Waals surface area contributed by atoms with Crippen molar-refractivity contribution in [1.82, 2.24) is 10.2 Å². The molecule has 0 radical (unpaired) electrons. The van der Waals surface area contributed by atoms with E-state index in [1.807, 2.05) is 24.3 Å². The monoisotopic (exact) mass is 310 g/mol. The predicted octanol–water partition coefficient (Wildman–Crippen LogP) is 3.34. The van der Waals surface area contributed by atoms with Crippen LogP contribution >= 0.6 is 27.5 Å². The van der Waals surface area contributed by atoms with Crippen LogP contribution < -0.4 is 5.43 Å². The molecule has 1 N–H and O–H groups in total. The molecule has 0 saturated heterocycles. The molecule has 0 aliphatic heterocycles. The molecule has 0 saturated carbocycles. The molecular weight excluding hydrogens is 304 g/mol. The Labute approximate surface area is 112 Å². The molecule has 1 heterocycles.